The molecule has 2 nitrogen and oxygen atoms in total. The minimum Gasteiger partial charge on any atom is -0.355 e. The van der Waals surface area contributed by atoms with Crippen LogP contribution >= 0.6 is 11.8 Å². The van der Waals surface area contributed by atoms with Crippen LogP contribution in [0, 0.1) is 13.8 Å². The maximum Gasteiger partial charge on any atom is 0.0686 e. The second kappa shape index (κ2) is 16.5. The number of nitrogens with zero attached hydrogens (tertiary/aromatic N) is 1. The highest BCUT2D eigenvalue weighted by Gasteiger charge is 2.43. The van der Waals surface area contributed by atoms with Crippen LogP contribution in [0.5, 0.6) is 0 Å². The second-order valence-corrected chi connectivity index (χ2v) is 28.6. The van der Waals surface area contributed by atoms with E-state index in [0.29, 0.717) is 0 Å². The van der Waals surface area contributed by atoms with Crippen LogP contribution < -0.4 is 10.2 Å². The van der Waals surface area contributed by atoms with Crippen LogP contribution in [0.2, 0.25) is 0 Å². The second-order valence-electron chi connectivity index (χ2n) is 27.5. The van der Waals surface area contributed by atoms with Gasteiger partial charge < -0.3 is 10.2 Å². The molecule has 0 bridgehead atoms. The van der Waals surface area contributed by atoms with E-state index >= 15 is 0 Å². The van der Waals surface area contributed by atoms with Crippen LogP contribution in [0.25, 0.3) is 21.9 Å². The number of hydrogen-bond donors (Lipinski definition) is 1. The van der Waals surface area contributed by atoms with Crippen molar-refractivity contribution in [3.05, 3.63) is 169 Å². The van der Waals surface area contributed by atoms with Crippen molar-refractivity contribution in [1.29, 1.82) is 0 Å². The van der Waals surface area contributed by atoms with Crippen LogP contribution in [0.4, 0.5) is 22.7 Å². The molecule has 0 amide bonds. The zero-order valence-corrected chi connectivity index (χ0v) is 47.6. The Balaban J connectivity index is 1.20. The fourth-order valence-corrected chi connectivity index (χ4v) is 15.3. The molecule has 0 unspecified atom stereocenters. The van der Waals surface area contributed by atoms with Crippen molar-refractivity contribution in [3.63, 3.8) is 0 Å². The molecule has 4 aliphatic carbocycles. The number of rotatable bonds is 6. The normalized spacial score (nSPS) is 20.9. The Hall–Kier alpha value is -4.99. The van der Waals surface area contributed by atoms with Gasteiger partial charge in [0.1, 0.15) is 0 Å². The van der Waals surface area contributed by atoms with Gasteiger partial charge in [0.25, 0.3) is 0 Å². The van der Waals surface area contributed by atoms with Gasteiger partial charge in [-0.05, 0) is 196 Å². The average Bonchev–Trinajstić information content (AvgIpc) is 3.32. The fraction of sp³-hybridized carbons (Fsp3) is 0.449. The monoisotopic (exact) mass is 971 g/mol. The smallest absolute Gasteiger partial charge is 0.0686 e. The summed E-state index contributed by atoms with van der Waals surface area (Å²) < 4.78 is 0. The third-order valence-corrected chi connectivity index (χ3v) is 20.6. The maximum absolute atomic E-state index is 4.21. The van der Waals surface area contributed by atoms with E-state index in [0.717, 1.165) is 12.8 Å². The molecule has 5 aliphatic rings. The lowest BCUT2D eigenvalue weighted by atomic mass is 9.62. The number of thioether (sulfide) groups is 1. The molecule has 0 aromatic heterocycles. The molecular weight excluding hydrogens is 889 g/mol. The van der Waals surface area contributed by atoms with Crippen molar-refractivity contribution < 1.29 is 0 Å². The molecule has 1 aliphatic heterocycles. The number of aryl methyl sites for hydroxylation is 2. The van der Waals surface area contributed by atoms with Crippen molar-refractivity contribution in [2.75, 3.05) is 10.2 Å². The quantitative estimate of drug-likeness (QED) is 0.179. The number of anilines is 4. The Bertz CT molecular complexity index is 3300. The third kappa shape index (κ3) is 7.87. The van der Waals surface area contributed by atoms with Crippen LogP contribution in [-0.4, -0.2) is 0 Å². The van der Waals surface area contributed by atoms with Crippen molar-refractivity contribution in [1.82, 2.24) is 0 Å². The summed E-state index contributed by atoms with van der Waals surface area (Å²) in [6.45, 7) is 39.2. The van der Waals surface area contributed by atoms with Gasteiger partial charge in [-0.25, -0.2) is 0 Å². The van der Waals surface area contributed by atoms with Crippen molar-refractivity contribution in [3.8, 4) is 11.1 Å². The number of benzene rings is 6. The van der Waals surface area contributed by atoms with Crippen LogP contribution in [0.1, 0.15) is 198 Å². The largest absolute Gasteiger partial charge is 0.355 e. The van der Waals surface area contributed by atoms with E-state index in [1.54, 1.807) is 0 Å². The highest BCUT2D eigenvalue weighted by Crippen LogP contribution is 2.60. The molecule has 1 N–H and O–H groups in total. The SMILES string of the molecule is Cc1cc2c(cc1N1C3=C(CCC(C(C)(C)c4ccccc4C)=C3)Sc3c(-c4cc5c(cc4Nc4ccc6c(c4)C(C)(C)CCC6(C)C)C(C)(C)CCC5(C)C)cc4ccccc4c31)C(C)(C)CCC2(C)C. The van der Waals surface area contributed by atoms with Crippen molar-refractivity contribution in [2.24, 2.45) is 0 Å². The van der Waals surface area contributed by atoms with Crippen molar-refractivity contribution >= 4 is 45.3 Å². The van der Waals surface area contributed by atoms with Crippen LogP contribution in [0.3, 0.4) is 0 Å². The lowest BCUT2D eigenvalue weighted by Gasteiger charge is -2.45. The van der Waals surface area contributed by atoms with Gasteiger partial charge in [0.15, 0.2) is 0 Å². The van der Waals surface area contributed by atoms with Gasteiger partial charge in [-0.15, -0.1) is 0 Å². The first-order valence-corrected chi connectivity index (χ1v) is 28.3. The molecule has 0 atom stereocenters. The third-order valence-electron chi connectivity index (χ3n) is 19.3. The fourth-order valence-electron chi connectivity index (χ4n) is 14.0. The summed E-state index contributed by atoms with van der Waals surface area (Å²) >= 11 is 2.06. The Kier molecular flexibility index (Phi) is 11.3. The summed E-state index contributed by atoms with van der Waals surface area (Å²) in [6, 6.07) is 38.6. The summed E-state index contributed by atoms with van der Waals surface area (Å²) in [7, 11) is 0. The molecule has 0 saturated carbocycles. The molecule has 6 aromatic carbocycles. The van der Waals surface area contributed by atoms with Gasteiger partial charge in [-0.1, -0.05) is 175 Å². The van der Waals surface area contributed by atoms with Gasteiger partial charge in [0, 0.05) is 48.8 Å². The minimum atomic E-state index is -0.132. The predicted octanol–water partition coefficient (Wildman–Crippen LogP) is 20.1. The first-order chi connectivity index (χ1) is 33.7. The van der Waals surface area contributed by atoms with Crippen LogP contribution in [0.15, 0.2) is 124 Å². The average molecular weight is 971 g/mol. The van der Waals surface area contributed by atoms with Gasteiger partial charge in [-0.3, -0.25) is 0 Å². The van der Waals surface area contributed by atoms with E-state index in [4.69, 9.17) is 0 Å². The van der Waals surface area contributed by atoms with Crippen molar-refractivity contribution in [2.45, 2.75) is 205 Å². The molecule has 0 spiro atoms. The topological polar surface area (TPSA) is 15.3 Å². The van der Waals surface area contributed by atoms with Crippen LogP contribution in [-0.2, 0) is 37.9 Å². The van der Waals surface area contributed by atoms with E-state index in [1.807, 2.05) is 0 Å². The summed E-state index contributed by atoms with van der Waals surface area (Å²) in [4.78, 5) is 5.59. The van der Waals surface area contributed by atoms with E-state index in [1.165, 1.54) is 154 Å². The molecule has 11 rings (SSSR count). The van der Waals surface area contributed by atoms with Gasteiger partial charge in [0.2, 0.25) is 0 Å². The van der Waals surface area contributed by atoms with E-state index in [2.05, 4.69) is 236 Å². The zero-order chi connectivity index (χ0) is 51.3. The molecule has 0 saturated heterocycles. The lowest BCUT2D eigenvalue weighted by Crippen LogP contribution is -2.35. The highest BCUT2D eigenvalue weighted by molar-refractivity contribution is 8.03. The molecule has 72 heavy (non-hydrogen) atoms. The predicted molar refractivity (Wildman–Crippen MR) is 313 cm³/mol. The number of nitrogens with one attached hydrogen (secondary N) is 1. The summed E-state index contributed by atoms with van der Waals surface area (Å²) in [5, 5.41) is 6.80. The molecular formula is C69H82N2S. The Morgan fingerprint density at radius 3 is 1.69 bits per heavy atom. The summed E-state index contributed by atoms with van der Waals surface area (Å²) in [6.07, 6.45) is 11.8. The van der Waals surface area contributed by atoms with E-state index in [9.17, 15) is 0 Å². The molecule has 1 heterocycles. The Labute approximate surface area is 438 Å². The number of fused-ring (bicyclic) bond motifs is 6. The molecule has 0 fully saturated rings. The first kappa shape index (κ1) is 49.2. The summed E-state index contributed by atoms with van der Waals surface area (Å²) in [5.74, 6) is 0. The summed E-state index contributed by atoms with van der Waals surface area (Å²) in [5.41, 5.74) is 24.0. The molecule has 6 aromatic rings. The lowest BCUT2D eigenvalue weighted by molar-refractivity contribution is 0.332. The van der Waals surface area contributed by atoms with Gasteiger partial charge >= 0.3 is 0 Å². The number of hydrogen-bond acceptors (Lipinski definition) is 3. The molecule has 374 valence electrons. The Morgan fingerprint density at radius 1 is 0.514 bits per heavy atom. The number of allylic oxidation sites excluding steroid dienone is 3. The van der Waals surface area contributed by atoms with Gasteiger partial charge in [0.05, 0.1) is 11.4 Å². The zero-order valence-electron chi connectivity index (χ0n) is 46.8. The molecule has 3 heteroatoms. The van der Waals surface area contributed by atoms with E-state index in [-0.39, 0.29) is 37.9 Å². The standard InChI is InChI=1S/C69H82N2S/c1-42-21-17-20-24-50(42)69(15,16)45-25-28-60-59(37-45)71(58-41-56-52(35-43(58)2)64(5,6)31-34-68(56,13)14)61-47-23-19-18-22-44(47)36-49(62(61)72-60)48-39-54-55(67(11,12)33-32-66(54,9)10)40-57(48)70-46-26-27-51-53(38-46)65(7,8)30-29-63(51,3)4/h17-24,26-27,35-41,70H,25,28-34H2,1-16H3. The van der Waals surface area contributed by atoms with Gasteiger partial charge in [-0.2, -0.15) is 0 Å². The molecule has 0 radical (unpaired) electrons. The van der Waals surface area contributed by atoms with E-state index < -0.39 is 0 Å². The minimum absolute atomic E-state index is 0.0423. The Morgan fingerprint density at radius 2 is 1.06 bits per heavy atom. The first-order valence-electron chi connectivity index (χ1n) is 27.5. The highest BCUT2D eigenvalue weighted by atomic mass is 32.2. The maximum atomic E-state index is 4.21.